The fraction of sp³-hybridized carbons (Fsp3) is 0.500. The molecule has 0 aromatic carbocycles. The Balaban J connectivity index is 2.36. The lowest BCUT2D eigenvalue weighted by Crippen LogP contribution is -2.38. The van der Waals surface area contributed by atoms with Crippen LogP contribution >= 0.6 is 0 Å². The van der Waals surface area contributed by atoms with Crippen LogP contribution in [0.4, 0.5) is 0 Å². The zero-order valence-electron chi connectivity index (χ0n) is 12.8. The number of aromatic nitrogens is 4. The Hall–Kier alpha value is -2.34. The van der Waals surface area contributed by atoms with Crippen LogP contribution in [0.1, 0.15) is 12.8 Å². The molecule has 9 heteroatoms. The molecule has 2 heterocycles. The second-order valence-corrected chi connectivity index (χ2v) is 7.72. The molecule has 1 saturated carbocycles. The van der Waals surface area contributed by atoms with Crippen LogP contribution in [0.25, 0.3) is 11.2 Å². The first kappa shape index (κ1) is 15.6. The SMILES string of the molecule is C#CCn1c(=O)n(C)c(=O)c2c1nc(S(=O)(=O)CC1CC1)n2C. The van der Waals surface area contributed by atoms with Crippen molar-refractivity contribution in [3.63, 3.8) is 0 Å². The highest BCUT2D eigenvalue weighted by Crippen LogP contribution is 2.32. The number of fused-ring (bicyclic) bond motifs is 1. The average molecular weight is 336 g/mol. The van der Waals surface area contributed by atoms with E-state index in [1.165, 1.54) is 18.7 Å². The standard InChI is InChI=1S/C14H16N4O4S/c1-4-7-18-11-10(12(19)17(3)14(18)20)16(2)13(15-11)23(21,22)8-9-5-6-9/h1,9H,5-8H2,2-3H3. The molecule has 0 spiro atoms. The summed E-state index contributed by atoms with van der Waals surface area (Å²) >= 11 is 0. The number of hydrogen-bond donors (Lipinski definition) is 0. The Morgan fingerprint density at radius 3 is 2.48 bits per heavy atom. The number of nitrogens with zero attached hydrogens (tertiary/aromatic N) is 4. The molecule has 0 aliphatic heterocycles. The summed E-state index contributed by atoms with van der Waals surface area (Å²) < 4.78 is 28.3. The molecule has 0 unspecified atom stereocenters. The van der Waals surface area contributed by atoms with Crippen molar-refractivity contribution in [2.45, 2.75) is 24.5 Å². The molecule has 0 bridgehead atoms. The van der Waals surface area contributed by atoms with Crippen molar-refractivity contribution in [3.05, 3.63) is 20.8 Å². The van der Waals surface area contributed by atoms with Crippen molar-refractivity contribution in [2.24, 2.45) is 20.0 Å². The lowest BCUT2D eigenvalue weighted by atomic mass is 10.5. The third-order valence-corrected chi connectivity index (χ3v) is 5.83. The zero-order valence-corrected chi connectivity index (χ0v) is 13.6. The van der Waals surface area contributed by atoms with Crippen molar-refractivity contribution in [3.8, 4) is 12.3 Å². The van der Waals surface area contributed by atoms with E-state index in [2.05, 4.69) is 10.9 Å². The highest BCUT2D eigenvalue weighted by atomic mass is 32.2. The molecule has 1 aliphatic rings. The van der Waals surface area contributed by atoms with E-state index in [0.29, 0.717) is 0 Å². The first-order valence-corrected chi connectivity index (χ1v) is 8.75. The molecule has 0 atom stereocenters. The van der Waals surface area contributed by atoms with Crippen LogP contribution in [0.3, 0.4) is 0 Å². The summed E-state index contributed by atoms with van der Waals surface area (Å²) in [5.41, 5.74) is -1.16. The van der Waals surface area contributed by atoms with Gasteiger partial charge < -0.3 is 4.57 Å². The predicted octanol–water partition coefficient (Wildman–Crippen LogP) is -0.749. The van der Waals surface area contributed by atoms with Crippen molar-refractivity contribution in [1.82, 2.24) is 18.7 Å². The van der Waals surface area contributed by atoms with E-state index in [9.17, 15) is 18.0 Å². The van der Waals surface area contributed by atoms with E-state index in [1.54, 1.807) is 0 Å². The second-order valence-electron chi connectivity index (χ2n) is 5.79. The minimum absolute atomic E-state index is 0.00382. The average Bonchev–Trinajstić information content (AvgIpc) is 3.21. The van der Waals surface area contributed by atoms with Crippen LogP contribution in [0.5, 0.6) is 0 Å². The Morgan fingerprint density at radius 2 is 1.91 bits per heavy atom. The number of hydrogen-bond acceptors (Lipinski definition) is 5. The molecule has 0 N–H and O–H groups in total. The summed E-state index contributed by atoms with van der Waals surface area (Å²) in [6.07, 6.45) is 7.03. The molecule has 0 radical (unpaired) electrons. The smallest absolute Gasteiger partial charge is 0.312 e. The van der Waals surface area contributed by atoms with Crippen LogP contribution in [0, 0.1) is 18.3 Å². The Morgan fingerprint density at radius 1 is 1.26 bits per heavy atom. The van der Waals surface area contributed by atoms with Crippen molar-refractivity contribution in [1.29, 1.82) is 0 Å². The van der Waals surface area contributed by atoms with E-state index in [0.717, 1.165) is 22.0 Å². The summed E-state index contributed by atoms with van der Waals surface area (Å²) in [5, 5.41) is -0.201. The van der Waals surface area contributed by atoms with Crippen molar-refractivity contribution in [2.75, 3.05) is 5.75 Å². The zero-order chi connectivity index (χ0) is 16.9. The van der Waals surface area contributed by atoms with Crippen LogP contribution in [0.2, 0.25) is 0 Å². The van der Waals surface area contributed by atoms with E-state index in [-0.39, 0.29) is 34.5 Å². The van der Waals surface area contributed by atoms with Gasteiger partial charge in [-0.25, -0.2) is 13.2 Å². The number of imidazole rings is 1. The third kappa shape index (κ3) is 2.39. The van der Waals surface area contributed by atoms with Crippen LogP contribution < -0.4 is 11.2 Å². The molecule has 2 aromatic heterocycles. The molecule has 2 aromatic rings. The number of rotatable bonds is 4. The van der Waals surface area contributed by atoms with Gasteiger partial charge in [0.1, 0.15) is 0 Å². The van der Waals surface area contributed by atoms with E-state index in [4.69, 9.17) is 6.42 Å². The highest BCUT2D eigenvalue weighted by molar-refractivity contribution is 7.91. The summed E-state index contributed by atoms with van der Waals surface area (Å²) in [7, 11) is -0.846. The van der Waals surface area contributed by atoms with Gasteiger partial charge in [-0.2, -0.15) is 4.98 Å². The maximum atomic E-state index is 12.5. The molecule has 122 valence electrons. The van der Waals surface area contributed by atoms with Gasteiger partial charge >= 0.3 is 5.69 Å². The number of sulfone groups is 1. The maximum absolute atomic E-state index is 12.5. The van der Waals surface area contributed by atoms with Gasteiger partial charge in [0.25, 0.3) is 5.56 Å². The number of aryl methyl sites for hydroxylation is 1. The van der Waals surface area contributed by atoms with Crippen LogP contribution in [-0.2, 0) is 30.5 Å². The van der Waals surface area contributed by atoms with Gasteiger partial charge in [0, 0.05) is 14.1 Å². The monoisotopic (exact) mass is 336 g/mol. The topological polar surface area (TPSA) is 96.0 Å². The first-order valence-electron chi connectivity index (χ1n) is 7.10. The van der Waals surface area contributed by atoms with Crippen molar-refractivity contribution < 1.29 is 8.42 Å². The molecule has 1 aliphatic carbocycles. The summed E-state index contributed by atoms with van der Waals surface area (Å²) in [6.45, 7) is -0.0947. The molecule has 0 saturated heterocycles. The summed E-state index contributed by atoms with van der Waals surface area (Å²) in [6, 6.07) is 0. The molecule has 3 rings (SSSR count). The van der Waals surface area contributed by atoms with Gasteiger partial charge in [-0.1, -0.05) is 5.92 Å². The molecule has 1 fully saturated rings. The van der Waals surface area contributed by atoms with E-state index >= 15 is 0 Å². The lowest BCUT2D eigenvalue weighted by Gasteiger charge is -2.05. The van der Waals surface area contributed by atoms with Crippen molar-refractivity contribution >= 4 is 21.0 Å². The van der Waals surface area contributed by atoms with Crippen LogP contribution in [-0.4, -0.2) is 32.9 Å². The van der Waals surface area contributed by atoms with Gasteiger partial charge in [0.15, 0.2) is 11.2 Å². The fourth-order valence-electron chi connectivity index (χ4n) is 2.59. The van der Waals surface area contributed by atoms with Gasteiger partial charge in [-0.15, -0.1) is 6.42 Å². The number of terminal acetylenes is 1. The minimum atomic E-state index is -3.63. The van der Waals surface area contributed by atoms with Crippen LogP contribution in [0.15, 0.2) is 14.7 Å². The lowest BCUT2D eigenvalue weighted by molar-refractivity contribution is 0.576. The second kappa shape index (κ2) is 5.09. The molecule has 8 nitrogen and oxygen atoms in total. The Labute approximate surface area is 132 Å². The normalized spacial score (nSPS) is 15.0. The highest BCUT2D eigenvalue weighted by Gasteiger charge is 2.33. The Kier molecular flexibility index (Phi) is 3.44. The molecule has 23 heavy (non-hydrogen) atoms. The third-order valence-electron chi connectivity index (χ3n) is 4.00. The quantitative estimate of drug-likeness (QED) is 0.685. The maximum Gasteiger partial charge on any atom is 0.333 e. The van der Waals surface area contributed by atoms with Gasteiger partial charge in [-0.05, 0) is 18.8 Å². The Bertz CT molecular complexity index is 1060. The first-order chi connectivity index (χ1) is 10.8. The largest absolute Gasteiger partial charge is 0.333 e. The molecular weight excluding hydrogens is 320 g/mol. The minimum Gasteiger partial charge on any atom is -0.312 e. The molecular formula is C14H16N4O4S. The van der Waals surface area contributed by atoms with E-state index in [1.807, 2.05) is 0 Å². The summed E-state index contributed by atoms with van der Waals surface area (Å²) in [5.74, 6) is 2.47. The van der Waals surface area contributed by atoms with E-state index < -0.39 is 21.1 Å². The van der Waals surface area contributed by atoms with Gasteiger partial charge in [0.2, 0.25) is 15.0 Å². The summed E-state index contributed by atoms with van der Waals surface area (Å²) in [4.78, 5) is 28.6. The van der Waals surface area contributed by atoms with Gasteiger partial charge in [-0.3, -0.25) is 13.9 Å². The predicted molar refractivity (Wildman–Crippen MR) is 83.8 cm³/mol. The van der Waals surface area contributed by atoms with Gasteiger partial charge in [0.05, 0.1) is 12.3 Å². The fourth-order valence-corrected chi connectivity index (χ4v) is 4.43. The molecule has 0 amide bonds.